The Bertz CT molecular complexity index is 162. The van der Waals surface area contributed by atoms with Gasteiger partial charge in [-0.25, -0.2) is 0 Å². The van der Waals surface area contributed by atoms with Gasteiger partial charge in [0.25, 0.3) is 0 Å². The highest BCUT2D eigenvalue weighted by atomic mass is 16.3. The number of rotatable bonds is 13. The third-order valence-electron chi connectivity index (χ3n) is 3.81. The molecular weight excluding hydrogens is 226 g/mol. The molecule has 0 saturated heterocycles. The van der Waals surface area contributed by atoms with Crippen LogP contribution in [-0.4, -0.2) is 35.5 Å². The second kappa shape index (κ2) is 11.9. The van der Waals surface area contributed by atoms with Gasteiger partial charge in [-0.2, -0.15) is 0 Å². The van der Waals surface area contributed by atoms with Crippen molar-refractivity contribution in [3.63, 3.8) is 0 Å². The molecule has 18 heavy (non-hydrogen) atoms. The summed E-state index contributed by atoms with van der Waals surface area (Å²) in [4.78, 5) is 0. The molecule has 0 unspecified atom stereocenters. The van der Waals surface area contributed by atoms with Gasteiger partial charge in [-0.15, -0.1) is 0 Å². The van der Waals surface area contributed by atoms with Gasteiger partial charge < -0.3 is 15.5 Å². The molecule has 110 valence electrons. The fraction of sp³-hybridized carbons (Fsp3) is 1.00. The van der Waals surface area contributed by atoms with Crippen molar-refractivity contribution in [3.05, 3.63) is 0 Å². The van der Waals surface area contributed by atoms with E-state index in [0.29, 0.717) is 0 Å². The maximum Gasteiger partial charge on any atom is 0.0645 e. The molecule has 0 aromatic heterocycles. The summed E-state index contributed by atoms with van der Waals surface area (Å²) in [5, 5.41) is 21.8. The van der Waals surface area contributed by atoms with Crippen LogP contribution < -0.4 is 5.32 Å². The number of unbranched alkanes of at least 4 members (excludes halogenated alkanes) is 7. The van der Waals surface area contributed by atoms with E-state index in [1.54, 1.807) is 0 Å². The van der Waals surface area contributed by atoms with Crippen molar-refractivity contribution >= 4 is 0 Å². The lowest BCUT2D eigenvalue weighted by Gasteiger charge is -2.29. The number of nitrogens with one attached hydrogen (secondary N) is 1. The molecule has 0 rings (SSSR count). The van der Waals surface area contributed by atoms with Crippen LogP contribution in [0.1, 0.15) is 71.6 Å². The van der Waals surface area contributed by atoms with Crippen LogP contribution in [0.25, 0.3) is 0 Å². The molecule has 0 spiro atoms. The Morgan fingerprint density at radius 3 is 1.72 bits per heavy atom. The largest absolute Gasteiger partial charge is 0.394 e. The Kier molecular flexibility index (Phi) is 11.9. The maximum atomic E-state index is 9.28. The zero-order valence-corrected chi connectivity index (χ0v) is 12.4. The molecule has 0 fully saturated rings. The van der Waals surface area contributed by atoms with Crippen molar-refractivity contribution in [1.29, 1.82) is 0 Å². The zero-order valence-electron chi connectivity index (χ0n) is 12.4. The highest BCUT2D eigenvalue weighted by molar-refractivity contribution is 4.85. The first-order chi connectivity index (χ1) is 8.74. The molecule has 0 bridgehead atoms. The van der Waals surface area contributed by atoms with E-state index in [-0.39, 0.29) is 13.2 Å². The molecule has 3 heteroatoms. The summed E-state index contributed by atoms with van der Waals surface area (Å²) in [6, 6.07) is 0. The van der Waals surface area contributed by atoms with Gasteiger partial charge in [-0.3, -0.25) is 0 Å². The molecule has 0 heterocycles. The number of hydrogen-bond donors (Lipinski definition) is 3. The first-order valence-electron chi connectivity index (χ1n) is 7.71. The lowest BCUT2D eigenvalue weighted by Crippen LogP contribution is -2.51. The van der Waals surface area contributed by atoms with E-state index >= 15 is 0 Å². The first kappa shape index (κ1) is 17.9. The topological polar surface area (TPSA) is 52.5 Å². The van der Waals surface area contributed by atoms with Crippen LogP contribution in [0.2, 0.25) is 0 Å². The van der Waals surface area contributed by atoms with Crippen LogP contribution in [0, 0.1) is 0 Å². The van der Waals surface area contributed by atoms with E-state index in [1.807, 2.05) is 6.92 Å². The van der Waals surface area contributed by atoms with Crippen molar-refractivity contribution in [2.75, 3.05) is 19.8 Å². The number of hydrogen-bond acceptors (Lipinski definition) is 3. The van der Waals surface area contributed by atoms with Crippen molar-refractivity contribution < 1.29 is 10.2 Å². The van der Waals surface area contributed by atoms with Crippen LogP contribution in [0.15, 0.2) is 0 Å². The minimum Gasteiger partial charge on any atom is -0.394 e. The van der Waals surface area contributed by atoms with Crippen molar-refractivity contribution in [3.8, 4) is 0 Å². The van der Waals surface area contributed by atoms with E-state index in [9.17, 15) is 10.2 Å². The second-order valence-corrected chi connectivity index (χ2v) is 5.35. The van der Waals surface area contributed by atoms with Gasteiger partial charge in [0.15, 0.2) is 0 Å². The van der Waals surface area contributed by atoms with Gasteiger partial charge in [0.05, 0.1) is 18.8 Å². The van der Waals surface area contributed by atoms with E-state index in [0.717, 1.165) is 19.4 Å². The summed E-state index contributed by atoms with van der Waals surface area (Å²) >= 11 is 0. The average Bonchev–Trinajstić information content (AvgIpc) is 2.42. The lowest BCUT2D eigenvalue weighted by atomic mass is 9.98. The summed E-state index contributed by atoms with van der Waals surface area (Å²) in [7, 11) is 0. The van der Waals surface area contributed by atoms with E-state index in [2.05, 4.69) is 12.2 Å². The molecule has 0 aromatic rings. The van der Waals surface area contributed by atoms with Crippen LogP contribution in [0.4, 0.5) is 0 Å². The summed E-state index contributed by atoms with van der Waals surface area (Å²) in [5.74, 6) is 0. The van der Waals surface area contributed by atoms with Crippen molar-refractivity contribution in [1.82, 2.24) is 5.32 Å². The first-order valence-corrected chi connectivity index (χ1v) is 7.71. The molecule has 0 amide bonds. The Morgan fingerprint density at radius 1 is 0.778 bits per heavy atom. The highest BCUT2D eigenvalue weighted by Crippen LogP contribution is 2.10. The smallest absolute Gasteiger partial charge is 0.0645 e. The van der Waals surface area contributed by atoms with Crippen LogP contribution in [-0.2, 0) is 0 Å². The monoisotopic (exact) mass is 259 g/mol. The van der Waals surface area contributed by atoms with Crippen molar-refractivity contribution in [2.24, 2.45) is 0 Å². The standard InChI is InChI=1S/C15H33NO2/c1-3-5-6-7-8-9-10-11-12-16-15(4-2,13-17)14-18/h16-18H,3-14H2,1-2H3. The Labute approximate surface area is 113 Å². The minimum absolute atomic E-state index is 0.0109. The molecule has 0 aliphatic carbocycles. The Balaban J connectivity index is 3.38. The molecule has 3 nitrogen and oxygen atoms in total. The van der Waals surface area contributed by atoms with E-state index in [4.69, 9.17) is 0 Å². The lowest BCUT2D eigenvalue weighted by molar-refractivity contribution is 0.0876. The molecule has 3 N–H and O–H groups in total. The zero-order chi connectivity index (χ0) is 13.7. The number of aliphatic hydroxyl groups is 2. The van der Waals surface area contributed by atoms with E-state index in [1.165, 1.54) is 44.9 Å². The molecule has 0 radical (unpaired) electrons. The van der Waals surface area contributed by atoms with Gasteiger partial charge in [0, 0.05) is 0 Å². The van der Waals surface area contributed by atoms with Gasteiger partial charge in [0.2, 0.25) is 0 Å². The summed E-state index contributed by atoms with van der Waals surface area (Å²) in [6.45, 7) is 5.15. The third-order valence-corrected chi connectivity index (χ3v) is 3.81. The molecule has 0 atom stereocenters. The molecule has 0 saturated carbocycles. The van der Waals surface area contributed by atoms with Crippen LogP contribution >= 0.6 is 0 Å². The molecular formula is C15H33NO2. The summed E-state index contributed by atoms with van der Waals surface area (Å²) < 4.78 is 0. The van der Waals surface area contributed by atoms with E-state index < -0.39 is 5.54 Å². The Hall–Kier alpha value is -0.120. The van der Waals surface area contributed by atoms with Gasteiger partial charge in [0.1, 0.15) is 0 Å². The summed E-state index contributed by atoms with van der Waals surface area (Å²) in [6.07, 6.45) is 11.2. The van der Waals surface area contributed by atoms with Crippen LogP contribution in [0.3, 0.4) is 0 Å². The molecule has 0 aliphatic rings. The normalized spacial score (nSPS) is 12.0. The third kappa shape index (κ3) is 8.06. The average molecular weight is 259 g/mol. The van der Waals surface area contributed by atoms with Crippen LogP contribution in [0.5, 0.6) is 0 Å². The number of aliphatic hydroxyl groups excluding tert-OH is 2. The fourth-order valence-corrected chi connectivity index (χ4v) is 2.12. The highest BCUT2D eigenvalue weighted by Gasteiger charge is 2.24. The summed E-state index contributed by atoms with van der Waals surface area (Å²) in [5.41, 5.74) is -0.471. The Morgan fingerprint density at radius 2 is 1.28 bits per heavy atom. The maximum absolute atomic E-state index is 9.28. The fourth-order valence-electron chi connectivity index (χ4n) is 2.12. The SMILES string of the molecule is CCCCCCCCCCNC(CC)(CO)CO. The van der Waals surface area contributed by atoms with Crippen molar-refractivity contribution in [2.45, 2.75) is 77.2 Å². The predicted octanol–water partition coefficient (Wildman–Crippen LogP) is 2.85. The minimum atomic E-state index is -0.471. The molecule has 0 aliphatic heterocycles. The van der Waals surface area contributed by atoms with Gasteiger partial charge in [-0.1, -0.05) is 58.8 Å². The molecule has 0 aromatic carbocycles. The van der Waals surface area contributed by atoms with Gasteiger partial charge >= 0.3 is 0 Å². The predicted molar refractivity (Wildman–Crippen MR) is 77.8 cm³/mol. The quantitative estimate of drug-likeness (QED) is 0.446. The second-order valence-electron chi connectivity index (χ2n) is 5.35. The van der Waals surface area contributed by atoms with Gasteiger partial charge in [-0.05, 0) is 19.4 Å².